The molecule has 1 aromatic heterocycles. The number of hydrogen-bond donors (Lipinski definition) is 0. The topological polar surface area (TPSA) is 23.8 Å². The van der Waals surface area contributed by atoms with Crippen molar-refractivity contribution in [2.75, 3.05) is 0 Å². The van der Waals surface area contributed by atoms with Crippen LogP contribution >= 0.6 is 11.3 Å². The average Bonchev–Trinajstić information content (AvgIpc) is 2.72. The van der Waals surface area contributed by atoms with Crippen molar-refractivity contribution in [3.05, 3.63) is 57.8 Å². The first kappa shape index (κ1) is 12.0. The molecule has 0 radical (unpaired) electrons. The minimum atomic E-state index is 0.818. The van der Waals surface area contributed by atoms with E-state index in [-0.39, 0.29) is 0 Å². The normalized spacial score (nSPS) is 10.6. The van der Waals surface area contributed by atoms with E-state index in [0.29, 0.717) is 0 Å². The first-order valence-electron chi connectivity index (χ1n) is 6.20. The lowest BCUT2D eigenvalue weighted by Gasteiger charge is -2.07. The summed E-state index contributed by atoms with van der Waals surface area (Å²) in [5.41, 5.74) is 3.08. The molecule has 0 atom stereocenters. The monoisotopic (exact) mass is 263 g/mol. The fourth-order valence-electron chi connectivity index (χ4n) is 2.59. The number of nitrogens with zero attached hydrogens (tertiary/aromatic N) is 1. The number of thiophene rings is 1. The third-order valence-electron chi connectivity index (χ3n) is 3.43. The molecule has 2 aromatic carbocycles. The van der Waals surface area contributed by atoms with Crippen LogP contribution in [0.25, 0.3) is 21.9 Å². The zero-order chi connectivity index (χ0) is 13.4. The van der Waals surface area contributed by atoms with Gasteiger partial charge in [-0.1, -0.05) is 42.5 Å². The van der Waals surface area contributed by atoms with Gasteiger partial charge in [-0.05, 0) is 30.2 Å². The lowest BCUT2D eigenvalue weighted by atomic mass is 9.95. The number of hydrogen-bond acceptors (Lipinski definition) is 2. The standard InChI is InChI=1S/C17H13NS/c1-11-16(10-18)17(12(2)19-11)15-9-5-7-13-6-3-4-8-14(13)15/h3-9H,1-2H3. The van der Waals surface area contributed by atoms with Gasteiger partial charge in [-0.25, -0.2) is 0 Å². The molecule has 0 unspecified atom stereocenters. The van der Waals surface area contributed by atoms with Crippen LogP contribution in [-0.4, -0.2) is 0 Å². The van der Waals surface area contributed by atoms with Crippen molar-refractivity contribution in [1.29, 1.82) is 5.26 Å². The number of rotatable bonds is 1. The van der Waals surface area contributed by atoms with Gasteiger partial charge in [-0.2, -0.15) is 5.26 Å². The molecule has 92 valence electrons. The SMILES string of the molecule is Cc1sc(C)c(-c2cccc3ccccc23)c1C#N. The van der Waals surface area contributed by atoms with Gasteiger partial charge in [0.15, 0.2) is 0 Å². The Kier molecular flexibility index (Phi) is 2.85. The highest BCUT2D eigenvalue weighted by Gasteiger charge is 2.16. The lowest BCUT2D eigenvalue weighted by molar-refractivity contribution is 1.46. The van der Waals surface area contributed by atoms with E-state index in [1.807, 2.05) is 19.1 Å². The quantitative estimate of drug-likeness (QED) is 0.602. The third-order valence-corrected chi connectivity index (χ3v) is 4.45. The highest BCUT2D eigenvalue weighted by molar-refractivity contribution is 7.12. The molecule has 1 heterocycles. The Morgan fingerprint density at radius 2 is 1.68 bits per heavy atom. The Labute approximate surface area is 116 Å². The third kappa shape index (κ3) is 1.83. The maximum absolute atomic E-state index is 9.40. The van der Waals surface area contributed by atoms with E-state index < -0.39 is 0 Å². The lowest BCUT2D eigenvalue weighted by Crippen LogP contribution is -1.85. The molecule has 0 N–H and O–H groups in total. The maximum atomic E-state index is 9.40. The van der Waals surface area contributed by atoms with Crippen LogP contribution in [-0.2, 0) is 0 Å². The van der Waals surface area contributed by atoms with E-state index in [1.165, 1.54) is 15.6 Å². The molecular weight excluding hydrogens is 250 g/mol. The van der Waals surface area contributed by atoms with E-state index in [9.17, 15) is 5.26 Å². The minimum Gasteiger partial charge on any atom is -0.192 e. The zero-order valence-electron chi connectivity index (χ0n) is 10.9. The van der Waals surface area contributed by atoms with Crippen molar-refractivity contribution in [3.63, 3.8) is 0 Å². The summed E-state index contributed by atoms with van der Waals surface area (Å²) >= 11 is 1.70. The van der Waals surface area contributed by atoms with Crippen molar-refractivity contribution in [3.8, 4) is 17.2 Å². The maximum Gasteiger partial charge on any atom is 0.101 e. The molecule has 0 aliphatic heterocycles. The van der Waals surface area contributed by atoms with Gasteiger partial charge in [0.25, 0.3) is 0 Å². The number of benzene rings is 2. The molecule has 0 bridgehead atoms. The second-order valence-corrected chi connectivity index (χ2v) is 6.03. The van der Waals surface area contributed by atoms with Crippen LogP contribution < -0.4 is 0 Å². The molecule has 0 fully saturated rings. The summed E-state index contributed by atoms with van der Waals surface area (Å²) in [6, 6.07) is 17.0. The summed E-state index contributed by atoms with van der Waals surface area (Å²) in [7, 11) is 0. The fraction of sp³-hybridized carbons (Fsp3) is 0.118. The molecule has 1 nitrogen and oxygen atoms in total. The van der Waals surface area contributed by atoms with E-state index in [2.05, 4.69) is 43.3 Å². The van der Waals surface area contributed by atoms with Gasteiger partial charge in [0, 0.05) is 15.3 Å². The van der Waals surface area contributed by atoms with Crippen molar-refractivity contribution in [2.24, 2.45) is 0 Å². The first-order chi connectivity index (χ1) is 9.22. The molecule has 3 rings (SSSR count). The van der Waals surface area contributed by atoms with Crippen LogP contribution in [0.3, 0.4) is 0 Å². The van der Waals surface area contributed by atoms with E-state index in [4.69, 9.17) is 0 Å². The second-order valence-electron chi connectivity index (χ2n) is 4.60. The van der Waals surface area contributed by atoms with Crippen molar-refractivity contribution < 1.29 is 0 Å². The summed E-state index contributed by atoms with van der Waals surface area (Å²) in [4.78, 5) is 2.31. The van der Waals surface area contributed by atoms with Crippen LogP contribution in [0.1, 0.15) is 15.3 Å². The summed E-state index contributed by atoms with van der Waals surface area (Å²) in [6.07, 6.45) is 0. The predicted octanol–water partition coefficient (Wildman–Crippen LogP) is 5.06. The number of nitriles is 1. The Hall–Kier alpha value is -2.11. The van der Waals surface area contributed by atoms with Crippen LogP contribution in [0.2, 0.25) is 0 Å². The van der Waals surface area contributed by atoms with Crippen LogP contribution in [0.5, 0.6) is 0 Å². The van der Waals surface area contributed by atoms with Crippen LogP contribution in [0.4, 0.5) is 0 Å². The molecule has 0 aliphatic rings. The molecule has 3 aromatic rings. The minimum absolute atomic E-state index is 0.818. The highest BCUT2D eigenvalue weighted by atomic mass is 32.1. The van der Waals surface area contributed by atoms with Crippen LogP contribution in [0.15, 0.2) is 42.5 Å². The highest BCUT2D eigenvalue weighted by Crippen LogP contribution is 2.38. The number of fused-ring (bicyclic) bond motifs is 1. The average molecular weight is 263 g/mol. The molecule has 2 heteroatoms. The van der Waals surface area contributed by atoms with Crippen molar-refractivity contribution in [2.45, 2.75) is 13.8 Å². The van der Waals surface area contributed by atoms with Gasteiger partial charge in [-0.3, -0.25) is 0 Å². The van der Waals surface area contributed by atoms with Gasteiger partial charge in [0.05, 0.1) is 5.56 Å². The summed E-state index contributed by atoms with van der Waals surface area (Å²) in [5, 5.41) is 11.8. The van der Waals surface area contributed by atoms with Crippen molar-refractivity contribution in [1.82, 2.24) is 0 Å². The Morgan fingerprint density at radius 1 is 0.947 bits per heavy atom. The Bertz CT molecular complexity index is 800. The van der Waals surface area contributed by atoms with Crippen molar-refractivity contribution >= 4 is 22.1 Å². The summed E-state index contributed by atoms with van der Waals surface area (Å²) in [6.45, 7) is 4.11. The van der Waals surface area contributed by atoms with E-state index in [0.717, 1.165) is 21.6 Å². The smallest absolute Gasteiger partial charge is 0.101 e. The molecule has 0 saturated heterocycles. The predicted molar refractivity (Wildman–Crippen MR) is 81.5 cm³/mol. The van der Waals surface area contributed by atoms with E-state index in [1.54, 1.807) is 11.3 Å². The van der Waals surface area contributed by atoms with Gasteiger partial charge in [0.2, 0.25) is 0 Å². The molecule has 0 saturated carbocycles. The molecule has 19 heavy (non-hydrogen) atoms. The van der Waals surface area contributed by atoms with E-state index >= 15 is 0 Å². The Morgan fingerprint density at radius 3 is 2.47 bits per heavy atom. The summed E-state index contributed by atoms with van der Waals surface area (Å²) in [5.74, 6) is 0. The number of aryl methyl sites for hydroxylation is 2. The Balaban J connectivity index is 2.41. The molecular formula is C17H13NS. The van der Waals surface area contributed by atoms with Gasteiger partial charge in [-0.15, -0.1) is 11.3 Å². The van der Waals surface area contributed by atoms with Crippen LogP contribution in [0, 0.1) is 25.2 Å². The second kappa shape index (κ2) is 4.53. The molecule has 0 spiro atoms. The van der Waals surface area contributed by atoms with Gasteiger partial charge in [0.1, 0.15) is 6.07 Å². The van der Waals surface area contributed by atoms with Gasteiger partial charge < -0.3 is 0 Å². The first-order valence-corrected chi connectivity index (χ1v) is 7.02. The summed E-state index contributed by atoms with van der Waals surface area (Å²) < 4.78 is 0. The molecule has 0 aliphatic carbocycles. The molecule has 0 amide bonds. The van der Waals surface area contributed by atoms with Gasteiger partial charge >= 0.3 is 0 Å². The largest absolute Gasteiger partial charge is 0.192 e. The zero-order valence-corrected chi connectivity index (χ0v) is 11.7. The fourth-order valence-corrected chi connectivity index (χ4v) is 3.61.